The Morgan fingerprint density at radius 3 is 2.50 bits per heavy atom. The predicted molar refractivity (Wildman–Crippen MR) is 103 cm³/mol. The summed E-state index contributed by atoms with van der Waals surface area (Å²) in [5.41, 5.74) is 2.19. The fourth-order valence-corrected chi connectivity index (χ4v) is 6.00. The van der Waals surface area contributed by atoms with Gasteiger partial charge in [0, 0.05) is 0 Å². The van der Waals surface area contributed by atoms with Gasteiger partial charge in [0.15, 0.2) is 9.84 Å². The summed E-state index contributed by atoms with van der Waals surface area (Å²) < 4.78 is 23.8. The van der Waals surface area contributed by atoms with Crippen LogP contribution in [0.4, 0.5) is 0 Å². The molecule has 0 spiro atoms. The summed E-state index contributed by atoms with van der Waals surface area (Å²) in [7, 11) is -3.05. The van der Waals surface area contributed by atoms with E-state index in [0.29, 0.717) is 21.6 Å². The Morgan fingerprint density at radius 2 is 1.96 bits per heavy atom. The number of nitrogens with zero attached hydrogens (tertiary/aromatic N) is 1. The van der Waals surface area contributed by atoms with Crippen LogP contribution in [-0.2, 0) is 14.6 Å². The first-order valence-electron chi connectivity index (χ1n) is 7.84. The van der Waals surface area contributed by atoms with Crippen LogP contribution in [0.2, 0.25) is 0 Å². The molecule has 1 unspecified atom stereocenters. The van der Waals surface area contributed by atoms with Crippen LogP contribution in [0.25, 0.3) is 6.08 Å². The molecule has 2 saturated heterocycles. The molecule has 2 fully saturated rings. The molecule has 0 N–H and O–H groups in total. The quantitative estimate of drug-likeness (QED) is 0.594. The molecular formula is C17H19NO3S3. The fraction of sp³-hybridized carbons (Fsp3) is 0.412. The maximum absolute atomic E-state index is 12.6. The van der Waals surface area contributed by atoms with Crippen LogP contribution in [0.5, 0.6) is 0 Å². The highest BCUT2D eigenvalue weighted by Crippen LogP contribution is 2.36. The number of carbonyl (C=O) groups is 1. The molecule has 1 aromatic rings. The highest BCUT2D eigenvalue weighted by Gasteiger charge is 2.42. The first kappa shape index (κ1) is 17.6. The molecule has 7 heteroatoms. The van der Waals surface area contributed by atoms with Gasteiger partial charge in [-0.3, -0.25) is 9.69 Å². The monoisotopic (exact) mass is 381 g/mol. The summed E-state index contributed by atoms with van der Waals surface area (Å²) in [6, 6.07) is 7.77. The molecule has 2 heterocycles. The van der Waals surface area contributed by atoms with E-state index in [-0.39, 0.29) is 23.5 Å². The van der Waals surface area contributed by atoms with Crippen LogP contribution in [0, 0.1) is 0 Å². The van der Waals surface area contributed by atoms with Gasteiger partial charge in [-0.2, -0.15) is 0 Å². The van der Waals surface area contributed by atoms with Crippen molar-refractivity contribution in [3.8, 4) is 0 Å². The van der Waals surface area contributed by atoms with E-state index >= 15 is 0 Å². The third-order valence-corrected chi connectivity index (χ3v) is 7.38. The Labute approximate surface area is 152 Å². The average molecular weight is 382 g/mol. The molecule has 1 amide bonds. The Kier molecular flexibility index (Phi) is 4.86. The molecule has 128 valence electrons. The normalized spacial score (nSPS) is 25.2. The van der Waals surface area contributed by atoms with Gasteiger partial charge in [0.2, 0.25) is 0 Å². The smallest absolute Gasteiger partial charge is 0.266 e. The molecule has 3 rings (SSSR count). The number of thioether (sulfide) groups is 1. The van der Waals surface area contributed by atoms with Crippen molar-refractivity contribution in [2.75, 3.05) is 11.5 Å². The zero-order valence-corrected chi connectivity index (χ0v) is 16.0. The van der Waals surface area contributed by atoms with Gasteiger partial charge in [-0.05, 0) is 29.5 Å². The minimum atomic E-state index is -3.05. The highest BCUT2D eigenvalue weighted by atomic mass is 32.2. The van der Waals surface area contributed by atoms with E-state index in [1.54, 1.807) is 0 Å². The SMILES string of the molecule is CC(C)c1ccc(C=C2SC(=S)N(C3CCS(=O)(=O)C3)C2=O)cc1. The van der Waals surface area contributed by atoms with Crippen LogP contribution in [-0.4, -0.2) is 41.1 Å². The Balaban J connectivity index is 1.81. The number of carbonyl (C=O) groups excluding carboxylic acids is 1. The lowest BCUT2D eigenvalue weighted by molar-refractivity contribution is -0.123. The zero-order chi connectivity index (χ0) is 17.5. The predicted octanol–water partition coefficient (Wildman–Crippen LogP) is 3.20. The number of sulfone groups is 1. The minimum Gasteiger partial charge on any atom is -0.289 e. The summed E-state index contributed by atoms with van der Waals surface area (Å²) >= 11 is 6.56. The second kappa shape index (κ2) is 6.61. The van der Waals surface area contributed by atoms with Crippen molar-refractivity contribution in [1.82, 2.24) is 4.90 Å². The van der Waals surface area contributed by atoms with E-state index in [9.17, 15) is 13.2 Å². The fourth-order valence-electron chi connectivity index (χ4n) is 2.90. The Hall–Kier alpha value is -1.18. The van der Waals surface area contributed by atoms with Gasteiger partial charge in [0.25, 0.3) is 5.91 Å². The van der Waals surface area contributed by atoms with Crippen molar-refractivity contribution < 1.29 is 13.2 Å². The maximum Gasteiger partial charge on any atom is 0.266 e. The lowest BCUT2D eigenvalue weighted by atomic mass is 10.0. The third kappa shape index (κ3) is 3.58. The third-order valence-electron chi connectivity index (χ3n) is 4.30. The van der Waals surface area contributed by atoms with Gasteiger partial charge in [-0.1, -0.05) is 62.1 Å². The van der Waals surface area contributed by atoms with Gasteiger partial charge in [0.1, 0.15) is 4.32 Å². The molecule has 0 aliphatic carbocycles. The van der Waals surface area contributed by atoms with E-state index in [4.69, 9.17) is 12.2 Å². The lowest BCUT2D eigenvalue weighted by Gasteiger charge is -2.20. The molecule has 0 bridgehead atoms. The number of thiocarbonyl (C=S) groups is 1. The van der Waals surface area contributed by atoms with Crippen LogP contribution in [0.3, 0.4) is 0 Å². The van der Waals surface area contributed by atoms with Gasteiger partial charge < -0.3 is 0 Å². The Morgan fingerprint density at radius 1 is 1.29 bits per heavy atom. The largest absolute Gasteiger partial charge is 0.289 e. The van der Waals surface area contributed by atoms with Gasteiger partial charge in [0.05, 0.1) is 22.5 Å². The molecule has 24 heavy (non-hydrogen) atoms. The molecule has 1 aromatic carbocycles. The van der Waals surface area contributed by atoms with Gasteiger partial charge in [-0.25, -0.2) is 8.42 Å². The standard InChI is InChI=1S/C17H19NO3S3/c1-11(2)13-5-3-12(4-6-13)9-15-16(19)18(17(22)23-15)14-7-8-24(20,21)10-14/h3-6,9,11,14H,7-8,10H2,1-2H3. The van der Waals surface area contributed by atoms with Crippen molar-refractivity contribution >= 4 is 50.1 Å². The van der Waals surface area contributed by atoms with E-state index in [1.807, 2.05) is 18.2 Å². The molecule has 2 aliphatic rings. The van der Waals surface area contributed by atoms with Gasteiger partial charge >= 0.3 is 0 Å². The van der Waals surface area contributed by atoms with E-state index < -0.39 is 9.84 Å². The van der Waals surface area contributed by atoms with Crippen molar-refractivity contribution in [2.24, 2.45) is 0 Å². The summed E-state index contributed by atoms with van der Waals surface area (Å²) in [6.07, 6.45) is 2.29. The number of hydrogen-bond donors (Lipinski definition) is 0. The maximum atomic E-state index is 12.6. The lowest BCUT2D eigenvalue weighted by Crippen LogP contribution is -2.39. The molecular weight excluding hydrogens is 362 g/mol. The van der Waals surface area contributed by atoms with E-state index in [1.165, 1.54) is 22.2 Å². The first-order chi connectivity index (χ1) is 11.3. The van der Waals surface area contributed by atoms with Crippen molar-refractivity contribution in [3.05, 3.63) is 40.3 Å². The second-order valence-corrected chi connectivity index (χ2v) is 10.3. The minimum absolute atomic E-state index is 0.00973. The highest BCUT2D eigenvalue weighted by molar-refractivity contribution is 8.26. The van der Waals surface area contributed by atoms with Crippen molar-refractivity contribution in [1.29, 1.82) is 0 Å². The van der Waals surface area contributed by atoms with E-state index in [2.05, 4.69) is 26.0 Å². The summed E-state index contributed by atoms with van der Waals surface area (Å²) in [4.78, 5) is 14.7. The van der Waals surface area contributed by atoms with Gasteiger partial charge in [-0.15, -0.1) is 0 Å². The average Bonchev–Trinajstić information content (AvgIpc) is 2.99. The number of benzene rings is 1. The topological polar surface area (TPSA) is 54.5 Å². The van der Waals surface area contributed by atoms with Crippen molar-refractivity contribution in [3.63, 3.8) is 0 Å². The number of rotatable bonds is 3. The van der Waals surface area contributed by atoms with Crippen LogP contribution in [0.1, 0.15) is 37.3 Å². The molecule has 0 radical (unpaired) electrons. The zero-order valence-electron chi connectivity index (χ0n) is 13.6. The van der Waals surface area contributed by atoms with Crippen LogP contribution < -0.4 is 0 Å². The molecule has 1 atom stereocenters. The van der Waals surface area contributed by atoms with E-state index in [0.717, 1.165) is 5.56 Å². The molecule has 4 nitrogen and oxygen atoms in total. The van der Waals surface area contributed by atoms with Crippen LogP contribution in [0.15, 0.2) is 29.2 Å². The molecule has 2 aliphatic heterocycles. The van der Waals surface area contributed by atoms with Crippen molar-refractivity contribution in [2.45, 2.75) is 32.2 Å². The summed E-state index contributed by atoms with van der Waals surface area (Å²) in [6.45, 7) is 4.27. The molecule has 0 aromatic heterocycles. The molecule has 0 saturated carbocycles. The number of hydrogen-bond acceptors (Lipinski definition) is 5. The van der Waals surface area contributed by atoms with Crippen LogP contribution >= 0.6 is 24.0 Å². The first-order valence-corrected chi connectivity index (χ1v) is 10.9. The number of amides is 1. The Bertz CT molecular complexity index is 810. The second-order valence-electron chi connectivity index (χ2n) is 6.43. The summed E-state index contributed by atoms with van der Waals surface area (Å²) in [5.74, 6) is 0.418. The summed E-state index contributed by atoms with van der Waals surface area (Å²) in [5, 5.41) is 0.